The van der Waals surface area contributed by atoms with Crippen molar-refractivity contribution in [1.82, 2.24) is 21.2 Å². The molecule has 7 heteroatoms. The first kappa shape index (κ1) is 17.2. The van der Waals surface area contributed by atoms with E-state index < -0.39 is 0 Å². The minimum Gasteiger partial charge on any atom is -0.358 e. The maximum Gasteiger partial charge on any atom is 0.248 e. The van der Waals surface area contributed by atoms with E-state index in [0.29, 0.717) is 11.7 Å². The van der Waals surface area contributed by atoms with Crippen molar-refractivity contribution in [2.45, 2.75) is 11.8 Å². The second kappa shape index (κ2) is 8.50. The second-order valence-electron chi connectivity index (χ2n) is 4.93. The predicted octanol–water partition coefficient (Wildman–Crippen LogP) is 2.40. The highest BCUT2D eigenvalue weighted by Gasteiger charge is 2.06. The Hall–Kier alpha value is -2.12. The van der Waals surface area contributed by atoms with Crippen LogP contribution in [0.3, 0.4) is 0 Å². The van der Waals surface area contributed by atoms with Gasteiger partial charge >= 0.3 is 0 Å². The van der Waals surface area contributed by atoms with Crippen molar-refractivity contribution in [3.63, 3.8) is 0 Å². The van der Waals surface area contributed by atoms with E-state index in [1.807, 2.05) is 37.3 Å². The first-order valence-electron chi connectivity index (χ1n) is 7.00. The van der Waals surface area contributed by atoms with E-state index in [9.17, 15) is 4.79 Å². The summed E-state index contributed by atoms with van der Waals surface area (Å²) in [4.78, 5) is 17.2. The Labute approximate surface area is 144 Å². The average Bonchev–Trinajstić information content (AvgIpc) is 2.56. The van der Waals surface area contributed by atoms with Gasteiger partial charge in [-0.05, 0) is 31.3 Å². The molecule has 0 aliphatic carbocycles. The Morgan fingerprint density at radius 3 is 2.87 bits per heavy atom. The van der Waals surface area contributed by atoms with Crippen molar-refractivity contribution >= 4 is 45.9 Å². The number of hydrogen-bond donors (Lipinski definition) is 3. The number of pyridine rings is 1. The van der Waals surface area contributed by atoms with Crippen LogP contribution in [0.1, 0.15) is 6.92 Å². The fourth-order valence-corrected chi connectivity index (χ4v) is 2.74. The molecule has 0 atom stereocenters. The number of nitrogens with zero attached hydrogens (tertiary/aromatic N) is 1. The number of aromatic nitrogens is 1. The molecule has 1 aromatic carbocycles. The van der Waals surface area contributed by atoms with E-state index in [1.165, 1.54) is 11.8 Å². The summed E-state index contributed by atoms with van der Waals surface area (Å²) in [5.74, 6) is 0.105. The van der Waals surface area contributed by atoms with E-state index in [0.717, 1.165) is 21.4 Å². The van der Waals surface area contributed by atoms with Crippen molar-refractivity contribution in [3.8, 4) is 0 Å². The molecule has 1 heterocycles. The van der Waals surface area contributed by atoms with E-state index in [-0.39, 0.29) is 11.7 Å². The van der Waals surface area contributed by atoms with Crippen LogP contribution in [0.4, 0.5) is 0 Å². The number of hydrogen-bond acceptors (Lipinski definition) is 4. The van der Waals surface area contributed by atoms with Gasteiger partial charge in [0.1, 0.15) is 0 Å². The first-order chi connectivity index (χ1) is 11.1. The van der Waals surface area contributed by atoms with Crippen molar-refractivity contribution in [2.24, 2.45) is 0 Å². The molecule has 2 aromatic rings. The van der Waals surface area contributed by atoms with E-state index >= 15 is 0 Å². The minimum absolute atomic E-state index is 0.164. The smallest absolute Gasteiger partial charge is 0.248 e. The molecule has 0 radical (unpaired) electrons. The van der Waals surface area contributed by atoms with Gasteiger partial charge in [-0.25, -0.2) is 0 Å². The molecule has 0 saturated heterocycles. The molecule has 0 fully saturated rings. The monoisotopic (exact) mass is 346 g/mol. The highest BCUT2D eigenvalue weighted by Crippen LogP contribution is 2.25. The van der Waals surface area contributed by atoms with Gasteiger partial charge in [0, 0.05) is 23.0 Å². The van der Waals surface area contributed by atoms with Gasteiger partial charge in [-0.15, -0.1) is 11.8 Å². The quantitative estimate of drug-likeness (QED) is 0.334. The number of nitrogens with one attached hydrogen (secondary N) is 3. The van der Waals surface area contributed by atoms with Gasteiger partial charge in [0.15, 0.2) is 5.11 Å². The maximum absolute atomic E-state index is 11.9. The molecule has 120 valence electrons. The molecule has 23 heavy (non-hydrogen) atoms. The lowest BCUT2D eigenvalue weighted by Gasteiger charge is -2.11. The van der Waals surface area contributed by atoms with Crippen LogP contribution in [-0.4, -0.2) is 28.3 Å². The van der Waals surface area contributed by atoms with Gasteiger partial charge in [0.25, 0.3) is 0 Å². The van der Waals surface area contributed by atoms with Crippen molar-refractivity contribution < 1.29 is 4.79 Å². The standard InChI is InChI=1S/C16H18N4OS2/c1-11(2)9-18-16(22)20-19-14(21)10-23-13-7-3-5-12-6-4-8-17-15(12)13/h3-8H,1,9-10H2,2H3,(H,19,21)(H2,18,20,22). The Morgan fingerprint density at radius 1 is 1.30 bits per heavy atom. The van der Waals surface area contributed by atoms with Crippen LogP contribution < -0.4 is 16.2 Å². The Bertz CT molecular complexity index is 728. The molecule has 1 amide bonds. The predicted molar refractivity (Wildman–Crippen MR) is 99.2 cm³/mol. The van der Waals surface area contributed by atoms with Crippen molar-refractivity contribution in [2.75, 3.05) is 12.3 Å². The van der Waals surface area contributed by atoms with Crippen LogP contribution in [0.25, 0.3) is 10.9 Å². The molecular formula is C16H18N4OS2. The summed E-state index contributed by atoms with van der Waals surface area (Å²) in [6.45, 7) is 6.22. The Kier molecular flexibility index (Phi) is 6.37. The van der Waals surface area contributed by atoms with Gasteiger partial charge in [-0.3, -0.25) is 20.6 Å². The zero-order valence-corrected chi connectivity index (χ0v) is 14.4. The molecule has 0 aliphatic heterocycles. The van der Waals surface area contributed by atoms with E-state index in [2.05, 4.69) is 27.7 Å². The zero-order valence-electron chi connectivity index (χ0n) is 12.8. The van der Waals surface area contributed by atoms with Crippen LogP contribution in [0.5, 0.6) is 0 Å². The highest BCUT2D eigenvalue weighted by atomic mass is 32.2. The molecule has 1 aromatic heterocycles. The highest BCUT2D eigenvalue weighted by molar-refractivity contribution is 8.00. The second-order valence-corrected chi connectivity index (χ2v) is 6.36. The number of para-hydroxylation sites is 1. The Morgan fingerprint density at radius 2 is 2.09 bits per heavy atom. The number of fused-ring (bicyclic) bond motifs is 1. The third-order valence-corrected chi connectivity index (χ3v) is 4.11. The van der Waals surface area contributed by atoms with Crippen molar-refractivity contribution in [3.05, 3.63) is 48.7 Å². The number of thioether (sulfide) groups is 1. The third-order valence-electron chi connectivity index (χ3n) is 2.82. The van der Waals surface area contributed by atoms with E-state index in [1.54, 1.807) is 6.20 Å². The molecule has 0 aliphatic rings. The topological polar surface area (TPSA) is 66.0 Å². The van der Waals surface area contributed by atoms with Crippen LogP contribution in [0.2, 0.25) is 0 Å². The molecule has 5 nitrogen and oxygen atoms in total. The summed E-state index contributed by atoms with van der Waals surface area (Å²) < 4.78 is 0. The molecule has 3 N–H and O–H groups in total. The van der Waals surface area contributed by atoms with Crippen LogP contribution in [0.15, 0.2) is 53.6 Å². The van der Waals surface area contributed by atoms with Crippen LogP contribution in [-0.2, 0) is 4.79 Å². The maximum atomic E-state index is 11.9. The van der Waals surface area contributed by atoms with Crippen molar-refractivity contribution in [1.29, 1.82) is 0 Å². The van der Waals surface area contributed by atoms with Gasteiger partial charge in [0.2, 0.25) is 5.91 Å². The first-order valence-corrected chi connectivity index (χ1v) is 8.39. The Balaban J connectivity index is 1.82. The third kappa shape index (κ3) is 5.54. The van der Waals surface area contributed by atoms with Gasteiger partial charge in [-0.1, -0.05) is 30.4 Å². The number of carbonyl (C=O) groups is 1. The lowest BCUT2D eigenvalue weighted by atomic mass is 10.2. The molecule has 0 saturated carbocycles. The summed E-state index contributed by atoms with van der Waals surface area (Å²) >= 11 is 6.47. The lowest BCUT2D eigenvalue weighted by molar-refractivity contribution is -0.119. The SMILES string of the molecule is C=C(C)CNC(=S)NNC(=O)CSc1cccc2cccnc12. The fourth-order valence-electron chi connectivity index (χ4n) is 1.77. The molecule has 0 spiro atoms. The summed E-state index contributed by atoms with van der Waals surface area (Å²) in [7, 11) is 0. The number of thiocarbonyl (C=S) groups is 1. The molecule has 0 bridgehead atoms. The molecular weight excluding hydrogens is 328 g/mol. The number of hydrazine groups is 1. The summed E-state index contributed by atoms with van der Waals surface area (Å²) in [5, 5.41) is 4.34. The number of carbonyl (C=O) groups excluding carboxylic acids is 1. The van der Waals surface area contributed by atoms with Gasteiger partial charge < -0.3 is 5.32 Å². The summed E-state index contributed by atoms with van der Waals surface area (Å²) in [6.07, 6.45) is 1.75. The van der Waals surface area contributed by atoms with Crippen LogP contribution in [0, 0.1) is 0 Å². The molecule has 0 unspecified atom stereocenters. The summed E-state index contributed by atoms with van der Waals surface area (Å²) in [6, 6.07) is 9.81. The average molecular weight is 346 g/mol. The number of rotatable bonds is 5. The minimum atomic E-state index is -0.164. The molecule has 2 rings (SSSR count). The zero-order chi connectivity index (χ0) is 16.7. The lowest BCUT2D eigenvalue weighted by Crippen LogP contribution is -2.47. The van der Waals surface area contributed by atoms with Crippen LogP contribution >= 0.6 is 24.0 Å². The van der Waals surface area contributed by atoms with E-state index in [4.69, 9.17) is 12.2 Å². The normalized spacial score (nSPS) is 10.1. The van der Waals surface area contributed by atoms with Gasteiger partial charge in [-0.2, -0.15) is 0 Å². The number of amides is 1. The summed E-state index contributed by atoms with van der Waals surface area (Å²) in [5.41, 5.74) is 7.08. The fraction of sp³-hybridized carbons (Fsp3) is 0.188. The van der Waals surface area contributed by atoms with Gasteiger partial charge in [0.05, 0.1) is 11.3 Å². The number of benzene rings is 1. The largest absolute Gasteiger partial charge is 0.358 e.